The van der Waals surface area contributed by atoms with Gasteiger partial charge in [-0.05, 0) is 66.8 Å². The molecule has 2 atom stereocenters. The van der Waals surface area contributed by atoms with Crippen LogP contribution >= 0.6 is 0 Å². The number of amides is 2. The molecule has 39 heavy (non-hydrogen) atoms. The first kappa shape index (κ1) is 27.5. The SMILES string of the molecule is CC(Oc1ccc(-c2ccccc2)cc1)C(=O)NCCCNC(=O)C(C)Oc1ccc(-c2ccccc2)cc1. The fourth-order valence-corrected chi connectivity index (χ4v) is 4.03. The molecule has 0 bridgehead atoms. The second-order valence-electron chi connectivity index (χ2n) is 9.24. The predicted octanol–water partition coefficient (Wildman–Crippen LogP) is 5.88. The topological polar surface area (TPSA) is 76.7 Å². The van der Waals surface area contributed by atoms with Crippen LogP contribution < -0.4 is 20.1 Å². The van der Waals surface area contributed by atoms with Crippen molar-refractivity contribution < 1.29 is 19.1 Å². The maximum Gasteiger partial charge on any atom is 0.260 e. The molecule has 0 aromatic heterocycles. The molecule has 0 saturated carbocycles. The van der Waals surface area contributed by atoms with Crippen molar-refractivity contribution in [2.75, 3.05) is 13.1 Å². The van der Waals surface area contributed by atoms with E-state index in [1.807, 2.05) is 109 Å². The van der Waals surface area contributed by atoms with Crippen LogP contribution in [-0.2, 0) is 9.59 Å². The second kappa shape index (κ2) is 13.8. The summed E-state index contributed by atoms with van der Waals surface area (Å²) >= 11 is 0. The van der Waals surface area contributed by atoms with Crippen molar-refractivity contribution in [2.24, 2.45) is 0 Å². The van der Waals surface area contributed by atoms with E-state index in [0.29, 0.717) is 31.0 Å². The third-order valence-electron chi connectivity index (χ3n) is 6.24. The Bertz CT molecular complexity index is 1220. The van der Waals surface area contributed by atoms with Crippen molar-refractivity contribution in [1.29, 1.82) is 0 Å². The van der Waals surface area contributed by atoms with Gasteiger partial charge in [0.2, 0.25) is 0 Å². The van der Waals surface area contributed by atoms with Crippen LogP contribution in [0.4, 0.5) is 0 Å². The Labute approximate surface area is 230 Å². The first-order chi connectivity index (χ1) is 19.0. The van der Waals surface area contributed by atoms with E-state index in [4.69, 9.17) is 9.47 Å². The molecule has 0 radical (unpaired) electrons. The van der Waals surface area contributed by atoms with E-state index < -0.39 is 12.2 Å². The van der Waals surface area contributed by atoms with Crippen molar-refractivity contribution >= 4 is 11.8 Å². The van der Waals surface area contributed by atoms with Crippen LogP contribution in [0.3, 0.4) is 0 Å². The zero-order chi connectivity index (χ0) is 27.5. The number of nitrogens with one attached hydrogen (secondary N) is 2. The molecule has 4 rings (SSSR count). The summed E-state index contributed by atoms with van der Waals surface area (Å²) in [4.78, 5) is 24.8. The van der Waals surface area contributed by atoms with E-state index in [1.165, 1.54) is 0 Å². The number of carbonyl (C=O) groups excluding carboxylic acids is 2. The molecule has 6 heteroatoms. The largest absolute Gasteiger partial charge is 0.481 e. The Balaban J connectivity index is 1.12. The molecule has 4 aromatic carbocycles. The lowest BCUT2D eigenvalue weighted by molar-refractivity contribution is -0.127. The molecule has 0 aliphatic carbocycles. The predicted molar refractivity (Wildman–Crippen MR) is 155 cm³/mol. The minimum atomic E-state index is -0.635. The fraction of sp³-hybridized carbons (Fsp3) is 0.212. The molecule has 4 aromatic rings. The summed E-state index contributed by atoms with van der Waals surface area (Å²) in [7, 11) is 0. The van der Waals surface area contributed by atoms with E-state index >= 15 is 0 Å². The van der Waals surface area contributed by atoms with Gasteiger partial charge in [0, 0.05) is 13.1 Å². The summed E-state index contributed by atoms with van der Waals surface area (Å²) in [6, 6.07) is 35.5. The maximum atomic E-state index is 12.4. The number of rotatable bonds is 12. The fourth-order valence-electron chi connectivity index (χ4n) is 4.03. The highest BCUT2D eigenvalue weighted by Crippen LogP contribution is 2.23. The molecule has 2 unspecified atom stereocenters. The van der Waals surface area contributed by atoms with Crippen LogP contribution in [0.15, 0.2) is 109 Å². The van der Waals surface area contributed by atoms with Crippen molar-refractivity contribution in [1.82, 2.24) is 10.6 Å². The first-order valence-corrected chi connectivity index (χ1v) is 13.2. The van der Waals surface area contributed by atoms with E-state index in [9.17, 15) is 9.59 Å². The molecular weight excluding hydrogens is 488 g/mol. The average molecular weight is 523 g/mol. The van der Waals surface area contributed by atoms with Gasteiger partial charge in [0.15, 0.2) is 12.2 Å². The van der Waals surface area contributed by atoms with E-state index in [-0.39, 0.29) is 11.8 Å². The minimum absolute atomic E-state index is 0.205. The lowest BCUT2D eigenvalue weighted by Crippen LogP contribution is -2.39. The minimum Gasteiger partial charge on any atom is -0.481 e. The Kier molecular flexibility index (Phi) is 9.73. The summed E-state index contributed by atoms with van der Waals surface area (Å²) in [5.74, 6) is 0.856. The Morgan fingerprint density at radius 2 is 0.872 bits per heavy atom. The molecule has 2 N–H and O–H groups in total. The molecule has 6 nitrogen and oxygen atoms in total. The van der Waals surface area contributed by atoms with Crippen molar-refractivity contribution in [3.8, 4) is 33.8 Å². The van der Waals surface area contributed by atoms with Gasteiger partial charge in [-0.2, -0.15) is 0 Å². The summed E-state index contributed by atoms with van der Waals surface area (Å²) in [6.45, 7) is 4.28. The van der Waals surface area contributed by atoms with Crippen LogP contribution in [0.5, 0.6) is 11.5 Å². The van der Waals surface area contributed by atoms with Gasteiger partial charge >= 0.3 is 0 Å². The van der Waals surface area contributed by atoms with Crippen LogP contribution in [0.25, 0.3) is 22.3 Å². The summed E-state index contributed by atoms with van der Waals surface area (Å²) in [5, 5.41) is 5.71. The maximum absolute atomic E-state index is 12.4. The number of ether oxygens (including phenoxy) is 2. The summed E-state index contributed by atoms with van der Waals surface area (Å²) in [6.07, 6.45) is -0.679. The Hall–Kier alpha value is -4.58. The van der Waals surface area contributed by atoms with Crippen LogP contribution in [0.1, 0.15) is 20.3 Å². The third-order valence-corrected chi connectivity index (χ3v) is 6.24. The van der Waals surface area contributed by atoms with E-state index in [1.54, 1.807) is 13.8 Å². The molecule has 2 amide bonds. The number of hydrogen-bond acceptors (Lipinski definition) is 4. The lowest BCUT2D eigenvalue weighted by Gasteiger charge is -2.16. The zero-order valence-corrected chi connectivity index (χ0v) is 22.3. The highest BCUT2D eigenvalue weighted by molar-refractivity contribution is 5.81. The quantitative estimate of drug-likeness (QED) is 0.228. The van der Waals surface area contributed by atoms with Crippen LogP contribution in [0, 0.1) is 0 Å². The van der Waals surface area contributed by atoms with E-state index in [2.05, 4.69) is 10.6 Å². The van der Waals surface area contributed by atoms with Gasteiger partial charge in [-0.15, -0.1) is 0 Å². The van der Waals surface area contributed by atoms with Gasteiger partial charge in [0.1, 0.15) is 11.5 Å². The number of carbonyl (C=O) groups is 2. The molecule has 0 saturated heterocycles. The summed E-state index contributed by atoms with van der Waals surface area (Å²) in [5.41, 5.74) is 4.42. The molecule has 0 fully saturated rings. The van der Waals surface area contributed by atoms with Gasteiger partial charge in [0.05, 0.1) is 0 Å². The third kappa shape index (κ3) is 8.20. The van der Waals surface area contributed by atoms with Crippen molar-refractivity contribution in [3.63, 3.8) is 0 Å². The molecule has 0 aliphatic heterocycles. The smallest absolute Gasteiger partial charge is 0.260 e. The number of hydrogen-bond donors (Lipinski definition) is 2. The number of benzene rings is 4. The van der Waals surface area contributed by atoms with Crippen molar-refractivity contribution in [3.05, 3.63) is 109 Å². The molecule has 200 valence electrons. The highest BCUT2D eigenvalue weighted by Gasteiger charge is 2.16. The zero-order valence-electron chi connectivity index (χ0n) is 22.3. The average Bonchev–Trinajstić information content (AvgIpc) is 2.98. The van der Waals surface area contributed by atoms with Gasteiger partial charge in [-0.1, -0.05) is 84.9 Å². The van der Waals surface area contributed by atoms with E-state index in [0.717, 1.165) is 22.3 Å². The molecular formula is C33H34N2O4. The molecule has 0 spiro atoms. The standard InChI is InChI=1S/C33H34N2O4/c1-24(38-30-18-14-28(15-19-30)26-10-5-3-6-11-26)32(36)34-22-9-23-35-33(37)25(2)39-31-20-16-29(17-21-31)27-12-7-4-8-13-27/h3-8,10-21,24-25H,9,22-23H2,1-2H3,(H,34,36)(H,35,37). The Morgan fingerprint density at radius 3 is 1.23 bits per heavy atom. The van der Waals surface area contributed by atoms with Crippen molar-refractivity contribution in [2.45, 2.75) is 32.5 Å². The van der Waals surface area contributed by atoms with Gasteiger partial charge < -0.3 is 20.1 Å². The Morgan fingerprint density at radius 1 is 0.538 bits per heavy atom. The van der Waals surface area contributed by atoms with Gasteiger partial charge in [0.25, 0.3) is 11.8 Å². The van der Waals surface area contributed by atoms with Gasteiger partial charge in [-0.25, -0.2) is 0 Å². The highest BCUT2D eigenvalue weighted by atomic mass is 16.5. The monoisotopic (exact) mass is 522 g/mol. The normalized spacial score (nSPS) is 12.2. The molecule has 0 heterocycles. The molecule has 0 aliphatic rings. The van der Waals surface area contributed by atoms with Gasteiger partial charge in [-0.3, -0.25) is 9.59 Å². The summed E-state index contributed by atoms with van der Waals surface area (Å²) < 4.78 is 11.6. The second-order valence-corrected chi connectivity index (χ2v) is 9.24. The van der Waals surface area contributed by atoms with Crippen LogP contribution in [0.2, 0.25) is 0 Å². The lowest BCUT2D eigenvalue weighted by atomic mass is 10.1. The first-order valence-electron chi connectivity index (χ1n) is 13.2. The van der Waals surface area contributed by atoms with Crippen LogP contribution in [-0.4, -0.2) is 37.1 Å².